The van der Waals surface area contributed by atoms with Crippen LogP contribution in [-0.4, -0.2) is 42.0 Å². The van der Waals surface area contributed by atoms with Crippen molar-refractivity contribution in [3.05, 3.63) is 54.7 Å². The Balaban J connectivity index is 1.48. The van der Waals surface area contributed by atoms with Crippen LogP contribution in [0.4, 0.5) is 5.69 Å². The van der Waals surface area contributed by atoms with Crippen LogP contribution < -0.4 is 10.1 Å². The van der Waals surface area contributed by atoms with E-state index in [0.717, 1.165) is 59.4 Å². The molecule has 3 aromatic rings. The molecule has 0 bridgehead atoms. The van der Waals surface area contributed by atoms with Crippen LogP contribution in [0.25, 0.3) is 22.0 Å². The molecule has 5 heteroatoms. The number of anilines is 1. The predicted octanol–water partition coefficient (Wildman–Crippen LogP) is 4.72. The third kappa shape index (κ3) is 4.04. The van der Waals surface area contributed by atoms with Crippen LogP contribution in [0.3, 0.4) is 0 Å². The zero-order chi connectivity index (χ0) is 20.2. The van der Waals surface area contributed by atoms with Gasteiger partial charge in [-0.2, -0.15) is 0 Å². The van der Waals surface area contributed by atoms with Crippen LogP contribution in [0, 0.1) is 0 Å². The van der Waals surface area contributed by atoms with E-state index in [1.165, 1.54) is 0 Å². The van der Waals surface area contributed by atoms with E-state index >= 15 is 0 Å². The second-order valence-corrected chi connectivity index (χ2v) is 7.39. The lowest BCUT2D eigenvalue weighted by Crippen LogP contribution is -2.41. The Labute approximate surface area is 171 Å². The molecule has 1 saturated heterocycles. The Morgan fingerprint density at radius 3 is 2.55 bits per heavy atom. The first-order valence-electron chi connectivity index (χ1n) is 10.3. The van der Waals surface area contributed by atoms with Crippen molar-refractivity contribution in [3.63, 3.8) is 0 Å². The average Bonchev–Trinajstić information content (AvgIpc) is 2.79. The van der Waals surface area contributed by atoms with Gasteiger partial charge in [0.15, 0.2) is 0 Å². The molecule has 0 spiro atoms. The fourth-order valence-electron chi connectivity index (χ4n) is 3.98. The topological polar surface area (TPSA) is 54.5 Å². The summed E-state index contributed by atoms with van der Waals surface area (Å²) in [5.74, 6) is 1.10. The molecule has 2 heterocycles. The third-order valence-electron chi connectivity index (χ3n) is 5.59. The summed E-state index contributed by atoms with van der Waals surface area (Å²) in [6.07, 6.45) is 4.42. The Hall–Kier alpha value is -3.08. The summed E-state index contributed by atoms with van der Waals surface area (Å²) in [6.45, 7) is 3.48. The van der Waals surface area contributed by atoms with Crippen LogP contribution >= 0.6 is 0 Å². The maximum absolute atomic E-state index is 11.8. The average molecular weight is 389 g/mol. The normalized spacial score (nSPS) is 14.8. The highest BCUT2D eigenvalue weighted by atomic mass is 16.5. The molecule has 0 saturated carbocycles. The monoisotopic (exact) mass is 389 g/mol. The molecule has 1 amide bonds. The fraction of sp³-hybridized carbons (Fsp3) is 0.333. The maximum Gasteiger partial charge on any atom is 0.222 e. The smallest absolute Gasteiger partial charge is 0.222 e. The van der Waals surface area contributed by atoms with Gasteiger partial charge in [-0.1, -0.05) is 37.3 Å². The van der Waals surface area contributed by atoms with Crippen molar-refractivity contribution in [1.29, 1.82) is 0 Å². The molecular weight excluding hydrogens is 362 g/mol. The fourth-order valence-corrected chi connectivity index (χ4v) is 3.98. The zero-order valence-corrected chi connectivity index (χ0v) is 17.0. The minimum absolute atomic E-state index is 0.164. The van der Waals surface area contributed by atoms with E-state index in [2.05, 4.69) is 28.5 Å². The molecule has 1 aromatic heterocycles. The number of hydrogen-bond acceptors (Lipinski definition) is 4. The minimum atomic E-state index is 0.164. The van der Waals surface area contributed by atoms with E-state index in [-0.39, 0.29) is 12.0 Å². The largest absolute Gasteiger partial charge is 0.490 e. The highest BCUT2D eigenvalue weighted by Gasteiger charge is 2.23. The first-order valence-corrected chi connectivity index (χ1v) is 10.3. The van der Waals surface area contributed by atoms with Gasteiger partial charge in [-0.05, 0) is 23.8 Å². The summed E-state index contributed by atoms with van der Waals surface area (Å²) in [6, 6.07) is 16.4. The lowest BCUT2D eigenvalue weighted by molar-refractivity contribution is -0.132. The lowest BCUT2D eigenvalue weighted by Gasteiger charge is -2.32. The van der Waals surface area contributed by atoms with Gasteiger partial charge in [-0.15, -0.1) is 0 Å². The van der Waals surface area contributed by atoms with Gasteiger partial charge in [-0.25, -0.2) is 0 Å². The van der Waals surface area contributed by atoms with Crippen molar-refractivity contribution in [2.45, 2.75) is 32.3 Å². The second-order valence-electron chi connectivity index (χ2n) is 7.39. The van der Waals surface area contributed by atoms with E-state index < -0.39 is 0 Å². The van der Waals surface area contributed by atoms with Gasteiger partial charge in [0, 0.05) is 56.5 Å². The van der Waals surface area contributed by atoms with Gasteiger partial charge in [-0.3, -0.25) is 9.78 Å². The molecule has 1 aliphatic rings. The standard InChI is InChI=1S/C24H27N3O2/c1-3-23(28)27-14-12-19(13-15-27)29-18-10-8-17(9-11-18)21-16-26-22-7-5-4-6-20(22)24(21)25-2/h4-11,16,19H,3,12-15H2,1-2H3,(H,25,26). The van der Waals surface area contributed by atoms with Crippen LogP contribution in [0.5, 0.6) is 5.75 Å². The molecule has 0 radical (unpaired) electrons. The number of rotatable bonds is 5. The molecule has 150 valence electrons. The van der Waals surface area contributed by atoms with Crippen molar-refractivity contribution in [2.24, 2.45) is 0 Å². The van der Waals surface area contributed by atoms with Crippen molar-refractivity contribution in [2.75, 3.05) is 25.5 Å². The van der Waals surface area contributed by atoms with Crippen molar-refractivity contribution in [1.82, 2.24) is 9.88 Å². The molecule has 2 aromatic carbocycles. The number of carbonyl (C=O) groups is 1. The van der Waals surface area contributed by atoms with Gasteiger partial charge in [0.2, 0.25) is 5.91 Å². The summed E-state index contributed by atoms with van der Waals surface area (Å²) < 4.78 is 6.17. The third-order valence-corrected chi connectivity index (χ3v) is 5.59. The van der Waals surface area contributed by atoms with Gasteiger partial charge in [0.25, 0.3) is 0 Å². The predicted molar refractivity (Wildman–Crippen MR) is 117 cm³/mol. The SMILES string of the molecule is CCC(=O)N1CCC(Oc2ccc(-c3cnc4ccccc4c3NC)cc2)CC1. The van der Waals surface area contributed by atoms with Gasteiger partial charge >= 0.3 is 0 Å². The van der Waals surface area contributed by atoms with E-state index in [0.29, 0.717) is 6.42 Å². The zero-order valence-electron chi connectivity index (χ0n) is 17.0. The first-order chi connectivity index (χ1) is 14.2. The molecule has 29 heavy (non-hydrogen) atoms. The van der Waals surface area contributed by atoms with Gasteiger partial charge in [0.05, 0.1) is 11.2 Å². The lowest BCUT2D eigenvalue weighted by atomic mass is 10.0. The second kappa shape index (κ2) is 8.52. The van der Waals surface area contributed by atoms with Crippen LogP contribution in [0.15, 0.2) is 54.7 Å². The summed E-state index contributed by atoms with van der Waals surface area (Å²) in [5, 5.41) is 4.44. The number of aromatic nitrogens is 1. The molecule has 0 unspecified atom stereocenters. The Kier molecular flexibility index (Phi) is 5.65. The molecule has 4 rings (SSSR count). The van der Waals surface area contributed by atoms with Crippen LogP contribution in [-0.2, 0) is 4.79 Å². The Morgan fingerprint density at radius 1 is 1.14 bits per heavy atom. The molecular formula is C24H27N3O2. The number of nitrogens with zero attached hydrogens (tertiary/aromatic N) is 2. The number of fused-ring (bicyclic) bond motifs is 1. The van der Waals surface area contributed by atoms with Crippen LogP contribution in [0.2, 0.25) is 0 Å². The molecule has 1 aliphatic heterocycles. The molecule has 5 nitrogen and oxygen atoms in total. The quantitative estimate of drug-likeness (QED) is 0.686. The van der Waals surface area contributed by atoms with Crippen molar-refractivity contribution < 1.29 is 9.53 Å². The number of hydrogen-bond donors (Lipinski definition) is 1. The first kappa shape index (κ1) is 19.2. The number of benzene rings is 2. The maximum atomic E-state index is 11.8. The van der Waals surface area contributed by atoms with E-state index in [9.17, 15) is 4.79 Å². The van der Waals surface area contributed by atoms with Crippen molar-refractivity contribution >= 4 is 22.5 Å². The highest BCUT2D eigenvalue weighted by molar-refractivity contribution is 5.99. The molecule has 0 aliphatic carbocycles. The summed E-state index contributed by atoms with van der Waals surface area (Å²) in [7, 11) is 1.94. The number of nitrogens with one attached hydrogen (secondary N) is 1. The number of para-hydroxylation sites is 1. The summed E-state index contributed by atoms with van der Waals surface area (Å²) in [4.78, 5) is 18.4. The number of likely N-dealkylation sites (tertiary alicyclic amines) is 1. The molecule has 0 atom stereocenters. The van der Waals surface area contributed by atoms with E-state index in [1.807, 2.05) is 55.4 Å². The molecule has 1 N–H and O–H groups in total. The number of amides is 1. The number of piperidine rings is 1. The van der Waals surface area contributed by atoms with E-state index in [1.54, 1.807) is 0 Å². The van der Waals surface area contributed by atoms with Gasteiger partial charge in [0.1, 0.15) is 11.9 Å². The summed E-state index contributed by atoms with van der Waals surface area (Å²) >= 11 is 0. The summed E-state index contributed by atoms with van der Waals surface area (Å²) in [5.41, 5.74) is 4.23. The Bertz CT molecular complexity index is 993. The van der Waals surface area contributed by atoms with Gasteiger partial charge < -0.3 is 15.0 Å². The highest BCUT2D eigenvalue weighted by Crippen LogP contribution is 2.34. The number of carbonyl (C=O) groups excluding carboxylic acids is 1. The van der Waals surface area contributed by atoms with E-state index in [4.69, 9.17) is 4.74 Å². The number of ether oxygens (including phenoxy) is 1. The molecule has 1 fully saturated rings. The van der Waals surface area contributed by atoms with Crippen LogP contribution in [0.1, 0.15) is 26.2 Å². The Morgan fingerprint density at radius 2 is 1.86 bits per heavy atom. The number of pyridine rings is 1. The van der Waals surface area contributed by atoms with Crippen molar-refractivity contribution in [3.8, 4) is 16.9 Å². The minimum Gasteiger partial charge on any atom is -0.490 e.